The summed E-state index contributed by atoms with van der Waals surface area (Å²) in [7, 11) is 0. The summed E-state index contributed by atoms with van der Waals surface area (Å²) in [6.45, 7) is 14.4. The molecule has 0 radical (unpaired) electrons. The predicted molar refractivity (Wildman–Crippen MR) is 65.8 cm³/mol. The molecule has 2 nitrogen and oxygen atoms in total. The van der Waals surface area contributed by atoms with Crippen molar-refractivity contribution in [3.05, 3.63) is 25.3 Å². The van der Waals surface area contributed by atoms with Gasteiger partial charge in [0.15, 0.2) is 0 Å². The van der Waals surface area contributed by atoms with Gasteiger partial charge in [-0.3, -0.25) is 0 Å². The monoisotopic (exact) mass is 212 g/mol. The fourth-order valence-electron chi connectivity index (χ4n) is 0.903. The molecule has 88 valence electrons. The fourth-order valence-corrected chi connectivity index (χ4v) is 0.903. The molecule has 0 saturated heterocycles. The molecule has 0 aliphatic rings. The van der Waals surface area contributed by atoms with Crippen molar-refractivity contribution in [3.8, 4) is 0 Å². The van der Waals surface area contributed by atoms with Gasteiger partial charge in [-0.05, 0) is 19.3 Å². The van der Waals surface area contributed by atoms with E-state index in [4.69, 9.17) is 4.74 Å². The van der Waals surface area contributed by atoms with Crippen LogP contribution >= 0.6 is 0 Å². The second-order valence-corrected chi connectivity index (χ2v) is 3.20. The van der Waals surface area contributed by atoms with Crippen molar-refractivity contribution in [2.75, 3.05) is 6.61 Å². The molecular formula is C13H24O2. The number of ether oxygens (including phenoxy) is 1. The Balaban J connectivity index is 0. The van der Waals surface area contributed by atoms with E-state index in [1.54, 1.807) is 0 Å². The maximum Gasteiger partial charge on any atom is 0.333 e. The first kappa shape index (κ1) is 16.4. The highest BCUT2D eigenvalue weighted by molar-refractivity contribution is 5.87. The fraction of sp³-hybridized carbons (Fsp3) is 0.615. The number of esters is 1. The Morgan fingerprint density at radius 3 is 2.13 bits per heavy atom. The third-order valence-corrected chi connectivity index (χ3v) is 1.85. The van der Waals surface area contributed by atoms with E-state index < -0.39 is 0 Å². The van der Waals surface area contributed by atoms with Gasteiger partial charge in [0, 0.05) is 5.57 Å². The summed E-state index contributed by atoms with van der Waals surface area (Å²) in [4.78, 5) is 11.2. The highest BCUT2D eigenvalue weighted by Crippen LogP contribution is 2.06. The summed E-state index contributed by atoms with van der Waals surface area (Å²) < 4.78 is 5.00. The zero-order chi connectivity index (χ0) is 12.1. The molecule has 0 N–H and O–H groups in total. The molecule has 0 aliphatic heterocycles. The molecule has 0 aromatic rings. The minimum atomic E-state index is -0.220. The van der Waals surface area contributed by atoms with E-state index >= 15 is 0 Å². The number of hydrogen-bond acceptors (Lipinski definition) is 2. The summed E-state index contributed by atoms with van der Waals surface area (Å²) in [6, 6.07) is 0. The molecule has 15 heavy (non-hydrogen) atoms. The van der Waals surface area contributed by atoms with E-state index in [2.05, 4.69) is 33.6 Å². The van der Waals surface area contributed by atoms with E-state index in [9.17, 15) is 4.79 Å². The quantitative estimate of drug-likeness (QED) is 0.277. The molecule has 0 aromatic carbocycles. The third-order valence-electron chi connectivity index (χ3n) is 1.85. The molecule has 0 atom stereocenters. The Labute approximate surface area is 94.0 Å². The van der Waals surface area contributed by atoms with Crippen LogP contribution in [0.15, 0.2) is 25.3 Å². The molecule has 2 heteroatoms. The molecule has 0 unspecified atom stereocenters. The van der Waals surface area contributed by atoms with Crippen LogP contribution in [0.25, 0.3) is 0 Å². The topological polar surface area (TPSA) is 26.3 Å². The molecule has 0 fully saturated rings. The lowest BCUT2D eigenvalue weighted by molar-refractivity contribution is -0.139. The van der Waals surface area contributed by atoms with Gasteiger partial charge in [-0.2, -0.15) is 0 Å². The Kier molecular flexibility index (Phi) is 14.1. The van der Waals surface area contributed by atoms with E-state index in [0.29, 0.717) is 12.2 Å². The normalized spacial score (nSPS) is 8.67. The van der Waals surface area contributed by atoms with Gasteiger partial charge in [-0.1, -0.05) is 33.3 Å². The van der Waals surface area contributed by atoms with E-state index in [-0.39, 0.29) is 5.97 Å². The third kappa shape index (κ3) is 10.9. The summed E-state index contributed by atoms with van der Waals surface area (Å²) >= 11 is 0. The molecule has 0 rings (SSSR count). The summed E-state index contributed by atoms with van der Waals surface area (Å²) in [5.74, 6) is -0.220. The van der Waals surface area contributed by atoms with Crippen LogP contribution in [0.1, 0.15) is 46.0 Å². The average molecular weight is 212 g/mol. The van der Waals surface area contributed by atoms with Crippen LogP contribution in [0.4, 0.5) is 0 Å². The van der Waals surface area contributed by atoms with E-state index in [1.165, 1.54) is 0 Å². The van der Waals surface area contributed by atoms with Crippen molar-refractivity contribution in [3.63, 3.8) is 0 Å². The van der Waals surface area contributed by atoms with Crippen LogP contribution < -0.4 is 0 Å². The van der Waals surface area contributed by atoms with Crippen LogP contribution in [0.3, 0.4) is 0 Å². The molecule has 0 heterocycles. The van der Waals surface area contributed by atoms with Crippen molar-refractivity contribution >= 4 is 5.97 Å². The second-order valence-electron chi connectivity index (χ2n) is 3.20. The van der Waals surface area contributed by atoms with Crippen LogP contribution in [0, 0.1) is 0 Å². The molecule has 0 amide bonds. The molecule has 0 saturated carbocycles. The van der Waals surface area contributed by atoms with Crippen LogP contribution in [0.2, 0.25) is 0 Å². The van der Waals surface area contributed by atoms with Crippen molar-refractivity contribution in [1.82, 2.24) is 0 Å². The second kappa shape index (κ2) is 12.9. The van der Waals surface area contributed by atoms with Crippen molar-refractivity contribution in [2.24, 2.45) is 0 Å². The van der Waals surface area contributed by atoms with Gasteiger partial charge in [-0.25, -0.2) is 4.79 Å². The largest absolute Gasteiger partial charge is 0.462 e. The lowest BCUT2D eigenvalue weighted by atomic mass is 10.1. The molecule has 0 aliphatic carbocycles. The predicted octanol–water partition coefficient (Wildman–Crippen LogP) is 3.88. The van der Waals surface area contributed by atoms with Gasteiger partial charge in [0.25, 0.3) is 0 Å². The number of unbranched alkanes of at least 4 members (excludes halogenated alkanes) is 2. The smallest absolute Gasteiger partial charge is 0.333 e. The summed E-state index contributed by atoms with van der Waals surface area (Å²) in [6.07, 6.45) is 4.85. The first-order valence-corrected chi connectivity index (χ1v) is 5.57. The number of hydrogen-bond donors (Lipinski definition) is 0. The van der Waals surface area contributed by atoms with Crippen LogP contribution in [0.5, 0.6) is 0 Å². The zero-order valence-electron chi connectivity index (χ0n) is 10.2. The van der Waals surface area contributed by atoms with E-state index in [0.717, 1.165) is 32.1 Å². The maximum absolute atomic E-state index is 11.2. The average Bonchev–Trinajstić information content (AvgIpc) is 2.28. The zero-order valence-corrected chi connectivity index (χ0v) is 10.2. The minimum Gasteiger partial charge on any atom is -0.462 e. The number of carbonyl (C=O) groups is 1. The first-order chi connectivity index (χ1) is 7.22. The number of carbonyl (C=O) groups excluding carboxylic acids is 1. The highest BCUT2D eigenvalue weighted by Gasteiger charge is 2.06. The van der Waals surface area contributed by atoms with Gasteiger partial charge in [0.05, 0.1) is 6.61 Å². The Morgan fingerprint density at radius 1 is 1.13 bits per heavy atom. The Morgan fingerprint density at radius 2 is 1.67 bits per heavy atom. The summed E-state index contributed by atoms with van der Waals surface area (Å²) in [5.41, 5.74) is 0.609. The lowest BCUT2D eigenvalue weighted by Gasteiger charge is -2.05. The van der Waals surface area contributed by atoms with Gasteiger partial charge >= 0.3 is 5.97 Å². The Bertz CT molecular complexity index is 173. The molecular weight excluding hydrogens is 188 g/mol. The van der Waals surface area contributed by atoms with Crippen molar-refractivity contribution in [1.29, 1.82) is 0 Å². The maximum atomic E-state index is 11.2. The lowest BCUT2D eigenvalue weighted by Crippen LogP contribution is -2.08. The summed E-state index contributed by atoms with van der Waals surface area (Å²) in [5, 5.41) is 0. The van der Waals surface area contributed by atoms with Gasteiger partial charge < -0.3 is 4.74 Å². The van der Waals surface area contributed by atoms with Crippen molar-refractivity contribution in [2.45, 2.75) is 46.0 Å². The van der Waals surface area contributed by atoms with Crippen LogP contribution in [-0.2, 0) is 9.53 Å². The molecule has 0 bridgehead atoms. The minimum absolute atomic E-state index is 0.220. The highest BCUT2D eigenvalue weighted by atomic mass is 16.5. The SMILES string of the molecule is C=C.C=C(CCCC)C(=O)OCCCC. The number of rotatable bonds is 7. The molecule has 0 aromatic heterocycles. The molecule has 0 spiro atoms. The van der Waals surface area contributed by atoms with E-state index in [1.807, 2.05) is 0 Å². The standard InChI is InChI=1S/C11H20O2.C2H4/c1-4-6-8-10(3)11(12)13-9-7-5-2;1-2/h3-9H2,1-2H3;1-2H2. The Hall–Kier alpha value is -1.05. The van der Waals surface area contributed by atoms with Crippen molar-refractivity contribution < 1.29 is 9.53 Å². The first-order valence-electron chi connectivity index (χ1n) is 5.57. The van der Waals surface area contributed by atoms with Gasteiger partial charge in [-0.15, -0.1) is 13.2 Å². The van der Waals surface area contributed by atoms with Gasteiger partial charge in [0.2, 0.25) is 0 Å². The van der Waals surface area contributed by atoms with Crippen LogP contribution in [-0.4, -0.2) is 12.6 Å². The van der Waals surface area contributed by atoms with Gasteiger partial charge in [0.1, 0.15) is 0 Å².